The smallest absolute Gasteiger partial charge is 0.229 e. The van der Waals surface area contributed by atoms with Crippen molar-refractivity contribution in [1.82, 2.24) is 25.0 Å². The number of hydrogen-bond donors (Lipinski definition) is 2. The van der Waals surface area contributed by atoms with Gasteiger partial charge in [-0.15, -0.1) is 5.10 Å². The number of benzene rings is 2. The number of aromatic nitrogens is 5. The Kier molecular flexibility index (Phi) is 4.17. The largest absolute Gasteiger partial charge is 0.326 e. The maximum absolute atomic E-state index is 13.5. The number of halogens is 1. The van der Waals surface area contributed by atoms with Crippen molar-refractivity contribution in [1.29, 1.82) is 0 Å². The minimum Gasteiger partial charge on any atom is -0.326 e. The molecule has 2 N–H and O–H groups in total. The van der Waals surface area contributed by atoms with Crippen molar-refractivity contribution < 1.29 is 9.18 Å². The summed E-state index contributed by atoms with van der Waals surface area (Å²) in [7, 11) is 0. The van der Waals surface area contributed by atoms with Crippen LogP contribution in [-0.4, -0.2) is 30.9 Å². The molecule has 1 amide bonds. The second kappa shape index (κ2) is 6.79. The van der Waals surface area contributed by atoms with Crippen molar-refractivity contribution in [3.05, 3.63) is 60.5 Å². The molecule has 134 valence electrons. The van der Waals surface area contributed by atoms with E-state index < -0.39 is 0 Å². The molecule has 0 saturated heterocycles. The highest BCUT2D eigenvalue weighted by Crippen LogP contribution is 2.20. The molecule has 0 spiro atoms. The third-order valence-electron chi connectivity index (χ3n) is 3.68. The van der Waals surface area contributed by atoms with Crippen LogP contribution in [0.4, 0.5) is 21.7 Å². The van der Waals surface area contributed by atoms with Crippen LogP contribution in [0.2, 0.25) is 0 Å². The van der Waals surface area contributed by atoms with Crippen molar-refractivity contribution in [3.8, 4) is 5.69 Å². The summed E-state index contributed by atoms with van der Waals surface area (Å²) in [5, 5.41) is 13.8. The Morgan fingerprint density at radius 3 is 2.74 bits per heavy atom. The van der Waals surface area contributed by atoms with E-state index in [9.17, 15) is 9.18 Å². The molecule has 0 aliphatic heterocycles. The van der Waals surface area contributed by atoms with Crippen LogP contribution in [0.3, 0.4) is 0 Å². The average molecular weight is 363 g/mol. The lowest BCUT2D eigenvalue weighted by Crippen LogP contribution is -2.06. The van der Waals surface area contributed by atoms with Gasteiger partial charge in [-0.05, 0) is 36.4 Å². The van der Waals surface area contributed by atoms with E-state index in [4.69, 9.17) is 0 Å². The molecule has 0 bridgehead atoms. The van der Waals surface area contributed by atoms with E-state index in [-0.39, 0.29) is 11.7 Å². The summed E-state index contributed by atoms with van der Waals surface area (Å²) in [6.07, 6.45) is 1.53. The van der Waals surface area contributed by atoms with Gasteiger partial charge in [0.2, 0.25) is 11.9 Å². The number of carbonyl (C=O) groups is 1. The lowest BCUT2D eigenvalue weighted by Gasteiger charge is -2.08. The normalized spacial score (nSPS) is 10.7. The van der Waals surface area contributed by atoms with Gasteiger partial charge in [0.1, 0.15) is 5.82 Å². The number of fused-ring (bicyclic) bond motifs is 1. The molecule has 0 atom stereocenters. The van der Waals surface area contributed by atoms with Crippen LogP contribution in [0, 0.1) is 5.82 Å². The minimum atomic E-state index is -0.377. The number of rotatable bonds is 4. The highest BCUT2D eigenvalue weighted by molar-refractivity contribution is 5.89. The topological polar surface area (TPSA) is 97.6 Å². The lowest BCUT2D eigenvalue weighted by molar-refractivity contribution is -0.114. The summed E-state index contributed by atoms with van der Waals surface area (Å²) >= 11 is 0. The summed E-state index contributed by atoms with van der Waals surface area (Å²) in [4.78, 5) is 19.8. The van der Waals surface area contributed by atoms with Gasteiger partial charge in [-0.2, -0.15) is 9.67 Å². The van der Waals surface area contributed by atoms with Crippen LogP contribution in [-0.2, 0) is 4.79 Å². The predicted octanol–water partition coefficient (Wildman–Crippen LogP) is 3.05. The van der Waals surface area contributed by atoms with Crippen molar-refractivity contribution >= 4 is 34.4 Å². The van der Waals surface area contributed by atoms with Crippen LogP contribution >= 0.6 is 0 Å². The second-order valence-corrected chi connectivity index (χ2v) is 5.77. The maximum Gasteiger partial charge on any atom is 0.229 e. The number of amides is 1. The first-order chi connectivity index (χ1) is 13.1. The Bertz CT molecular complexity index is 1140. The monoisotopic (exact) mass is 363 g/mol. The molecule has 27 heavy (non-hydrogen) atoms. The zero-order valence-corrected chi connectivity index (χ0v) is 14.2. The first-order valence-corrected chi connectivity index (χ1v) is 8.07. The minimum absolute atomic E-state index is 0.158. The Morgan fingerprint density at radius 2 is 1.93 bits per heavy atom. The Morgan fingerprint density at radius 1 is 1.11 bits per heavy atom. The number of nitrogens with zero attached hydrogens (tertiary/aromatic N) is 5. The van der Waals surface area contributed by atoms with E-state index in [1.807, 2.05) is 6.07 Å². The molecule has 0 aliphatic carbocycles. The van der Waals surface area contributed by atoms with Gasteiger partial charge in [0.15, 0.2) is 11.2 Å². The molecule has 4 aromatic rings. The SMILES string of the molecule is CC(=O)Nc1cccc(Nc2ncc3nnn(-c4cccc(F)c4)c3n2)c1. The molecular weight excluding hydrogens is 349 g/mol. The third kappa shape index (κ3) is 3.56. The summed E-state index contributed by atoms with van der Waals surface area (Å²) in [5.41, 5.74) is 2.79. The quantitative estimate of drug-likeness (QED) is 0.578. The number of nitrogens with one attached hydrogen (secondary N) is 2. The van der Waals surface area contributed by atoms with Gasteiger partial charge in [0, 0.05) is 18.3 Å². The van der Waals surface area contributed by atoms with Gasteiger partial charge in [0.05, 0.1) is 11.9 Å². The second-order valence-electron chi connectivity index (χ2n) is 5.77. The number of hydrogen-bond acceptors (Lipinski definition) is 6. The first-order valence-electron chi connectivity index (χ1n) is 8.07. The van der Waals surface area contributed by atoms with Crippen LogP contribution < -0.4 is 10.6 Å². The zero-order valence-electron chi connectivity index (χ0n) is 14.2. The van der Waals surface area contributed by atoms with Gasteiger partial charge in [-0.25, -0.2) is 9.37 Å². The summed E-state index contributed by atoms with van der Waals surface area (Å²) < 4.78 is 15.0. The zero-order chi connectivity index (χ0) is 18.8. The highest BCUT2D eigenvalue weighted by Gasteiger charge is 2.11. The standard InChI is InChI=1S/C18H14FN7O/c1-11(27)21-13-5-3-6-14(9-13)22-18-20-10-16-17(23-18)26(25-24-16)15-7-2-4-12(19)8-15/h2-10H,1H3,(H,21,27)(H,20,22,23). The van der Waals surface area contributed by atoms with E-state index in [1.54, 1.807) is 30.3 Å². The van der Waals surface area contributed by atoms with Crippen LogP contribution in [0.25, 0.3) is 16.9 Å². The Balaban J connectivity index is 1.67. The fraction of sp³-hybridized carbons (Fsp3) is 0.0556. The van der Waals surface area contributed by atoms with Gasteiger partial charge in [0.25, 0.3) is 0 Å². The summed E-state index contributed by atoms with van der Waals surface area (Å²) in [5.74, 6) is -0.212. The van der Waals surface area contributed by atoms with E-state index in [1.165, 1.54) is 29.9 Å². The van der Waals surface area contributed by atoms with Crippen molar-refractivity contribution in [2.24, 2.45) is 0 Å². The van der Waals surface area contributed by atoms with Gasteiger partial charge in [-0.1, -0.05) is 17.3 Å². The van der Waals surface area contributed by atoms with Crippen molar-refractivity contribution in [2.75, 3.05) is 10.6 Å². The van der Waals surface area contributed by atoms with Gasteiger partial charge >= 0.3 is 0 Å². The third-order valence-corrected chi connectivity index (χ3v) is 3.68. The molecule has 0 fully saturated rings. The molecule has 0 unspecified atom stereocenters. The van der Waals surface area contributed by atoms with E-state index >= 15 is 0 Å². The molecule has 0 aliphatic rings. The van der Waals surface area contributed by atoms with Crippen molar-refractivity contribution in [2.45, 2.75) is 6.92 Å². The molecular formula is C18H14FN7O. The predicted molar refractivity (Wildman–Crippen MR) is 98.4 cm³/mol. The molecule has 2 aromatic carbocycles. The molecule has 4 rings (SSSR count). The maximum atomic E-state index is 13.5. The van der Waals surface area contributed by atoms with Crippen molar-refractivity contribution in [3.63, 3.8) is 0 Å². The van der Waals surface area contributed by atoms with Gasteiger partial charge in [-0.3, -0.25) is 4.79 Å². The molecule has 0 radical (unpaired) electrons. The Hall–Kier alpha value is -3.88. The fourth-order valence-electron chi connectivity index (χ4n) is 2.58. The summed E-state index contributed by atoms with van der Waals surface area (Å²) in [6.45, 7) is 1.44. The van der Waals surface area contributed by atoms with Crippen LogP contribution in [0.1, 0.15) is 6.92 Å². The molecule has 9 heteroatoms. The summed E-state index contributed by atoms with van der Waals surface area (Å²) in [6, 6.07) is 13.2. The molecule has 0 saturated carbocycles. The molecule has 8 nitrogen and oxygen atoms in total. The van der Waals surface area contributed by atoms with Crippen LogP contribution in [0.5, 0.6) is 0 Å². The van der Waals surface area contributed by atoms with E-state index in [0.29, 0.717) is 34.2 Å². The van der Waals surface area contributed by atoms with Gasteiger partial charge < -0.3 is 10.6 Å². The highest BCUT2D eigenvalue weighted by atomic mass is 19.1. The van der Waals surface area contributed by atoms with E-state index in [2.05, 4.69) is 30.9 Å². The first kappa shape index (κ1) is 16.6. The van der Waals surface area contributed by atoms with E-state index in [0.717, 1.165) is 0 Å². The lowest BCUT2D eigenvalue weighted by atomic mass is 10.2. The fourth-order valence-corrected chi connectivity index (χ4v) is 2.58. The number of anilines is 3. The van der Waals surface area contributed by atoms with Crippen LogP contribution in [0.15, 0.2) is 54.7 Å². The number of carbonyl (C=O) groups excluding carboxylic acids is 1. The Labute approximate surface area is 153 Å². The average Bonchev–Trinajstić information content (AvgIpc) is 3.05. The molecule has 2 heterocycles. The molecule has 2 aromatic heterocycles.